The number of ether oxygens (including phenoxy) is 1. The van der Waals surface area contributed by atoms with E-state index in [1.807, 2.05) is 50.4 Å². The van der Waals surface area contributed by atoms with Crippen molar-refractivity contribution in [2.24, 2.45) is 0 Å². The van der Waals surface area contributed by atoms with Gasteiger partial charge in [-0.05, 0) is 32.5 Å². The zero-order valence-electron chi connectivity index (χ0n) is 14.2. The molecule has 0 aliphatic carbocycles. The van der Waals surface area contributed by atoms with Gasteiger partial charge in [-0.1, -0.05) is 31.2 Å². The third kappa shape index (κ3) is 6.00. The van der Waals surface area contributed by atoms with Gasteiger partial charge in [0.2, 0.25) is 0 Å². The van der Waals surface area contributed by atoms with Gasteiger partial charge in [0.15, 0.2) is 0 Å². The van der Waals surface area contributed by atoms with Crippen molar-refractivity contribution in [3.63, 3.8) is 0 Å². The van der Waals surface area contributed by atoms with E-state index in [1.54, 1.807) is 6.20 Å². The topological polar surface area (TPSA) is 45.6 Å². The first-order chi connectivity index (χ1) is 11.0. The molecule has 1 aromatic heterocycles. The summed E-state index contributed by atoms with van der Waals surface area (Å²) >= 11 is 0. The maximum absolute atomic E-state index is 10.0. The summed E-state index contributed by atoms with van der Waals surface area (Å²) in [6.07, 6.45) is 3.57. The highest BCUT2D eigenvalue weighted by Gasteiger charge is 2.18. The Morgan fingerprint density at radius 1 is 1.17 bits per heavy atom. The SMILES string of the molecule is CCN(Cc1ccccc1OCc1cccnc1)CC(C)(C)O. The summed E-state index contributed by atoms with van der Waals surface area (Å²) in [5, 5.41) is 10.0. The van der Waals surface area contributed by atoms with E-state index in [0.717, 1.165) is 30.0 Å². The predicted octanol–water partition coefficient (Wildman–Crippen LogP) is 3.25. The van der Waals surface area contributed by atoms with Crippen LogP contribution in [0, 0.1) is 0 Å². The van der Waals surface area contributed by atoms with Crippen molar-refractivity contribution >= 4 is 0 Å². The molecule has 0 radical (unpaired) electrons. The number of rotatable bonds is 8. The Balaban J connectivity index is 2.04. The summed E-state index contributed by atoms with van der Waals surface area (Å²) in [7, 11) is 0. The first-order valence-electron chi connectivity index (χ1n) is 8.02. The average molecular weight is 314 g/mol. The highest BCUT2D eigenvalue weighted by Crippen LogP contribution is 2.22. The minimum Gasteiger partial charge on any atom is -0.489 e. The van der Waals surface area contributed by atoms with Gasteiger partial charge in [0.1, 0.15) is 12.4 Å². The number of para-hydroxylation sites is 1. The number of nitrogens with zero attached hydrogens (tertiary/aromatic N) is 2. The Morgan fingerprint density at radius 3 is 2.61 bits per heavy atom. The van der Waals surface area contributed by atoms with Gasteiger partial charge < -0.3 is 9.84 Å². The lowest BCUT2D eigenvalue weighted by atomic mass is 10.1. The number of hydrogen-bond donors (Lipinski definition) is 1. The molecule has 2 rings (SSSR count). The van der Waals surface area contributed by atoms with Crippen molar-refractivity contribution in [2.45, 2.75) is 39.5 Å². The van der Waals surface area contributed by atoms with Gasteiger partial charge in [-0.15, -0.1) is 0 Å². The Morgan fingerprint density at radius 2 is 1.96 bits per heavy atom. The van der Waals surface area contributed by atoms with Gasteiger partial charge in [-0.2, -0.15) is 0 Å². The molecule has 0 aliphatic heterocycles. The van der Waals surface area contributed by atoms with E-state index in [4.69, 9.17) is 4.74 Å². The average Bonchev–Trinajstić information content (AvgIpc) is 2.53. The summed E-state index contributed by atoms with van der Waals surface area (Å²) in [4.78, 5) is 6.32. The van der Waals surface area contributed by atoms with Crippen LogP contribution in [-0.4, -0.2) is 33.7 Å². The molecule has 0 unspecified atom stereocenters. The fourth-order valence-corrected chi connectivity index (χ4v) is 2.49. The Bertz CT molecular complexity index is 594. The van der Waals surface area contributed by atoms with E-state index in [0.29, 0.717) is 13.2 Å². The van der Waals surface area contributed by atoms with Gasteiger partial charge in [0, 0.05) is 36.6 Å². The lowest BCUT2D eigenvalue weighted by Gasteiger charge is -2.28. The quantitative estimate of drug-likeness (QED) is 0.812. The van der Waals surface area contributed by atoms with Crippen LogP contribution in [0.4, 0.5) is 0 Å². The third-order valence-corrected chi connectivity index (χ3v) is 3.54. The van der Waals surface area contributed by atoms with Crippen LogP contribution in [-0.2, 0) is 13.2 Å². The fourth-order valence-electron chi connectivity index (χ4n) is 2.49. The molecule has 1 N–H and O–H groups in total. The summed E-state index contributed by atoms with van der Waals surface area (Å²) in [6.45, 7) is 8.53. The number of likely N-dealkylation sites (N-methyl/N-ethyl adjacent to an activating group) is 1. The minimum absolute atomic E-state index is 0.502. The summed E-state index contributed by atoms with van der Waals surface area (Å²) in [5.41, 5.74) is 1.47. The first-order valence-corrected chi connectivity index (χ1v) is 8.02. The van der Waals surface area contributed by atoms with E-state index >= 15 is 0 Å². The zero-order valence-corrected chi connectivity index (χ0v) is 14.2. The molecule has 124 valence electrons. The molecule has 0 bridgehead atoms. The van der Waals surface area contributed by atoms with Crippen LogP contribution >= 0.6 is 0 Å². The van der Waals surface area contributed by atoms with Crippen LogP contribution in [0.1, 0.15) is 31.9 Å². The maximum atomic E-state index is 10.0. The standard InChI is InChI=1S/C19H26N2O2/c1-4-21(15-19(2,3)22)13-17-9-5-6-10-18(17)23-14-16-8-7-11-20-12-16/h5-12,22H,4,13-15H2,1-3H3. The van der Waals surface area contributed by atoms with Gasteiger partial charge in [0.25, 0.3) is 0 Å². The molecule has 0 aliphatic rings. The van der Waals surface area contributed by atoms with Crippen molar-refractivity contribution in [3.05, 3.63) is 59.9 Å². The Kier molecular flexibility index (Phi) is 6.13. The second-order valence-corrected chi connectivity index (χ2v) is 6.37. The Hall–Kier alpha value is -1.91. The molecule has 1 aromatic carbocycles. The molecule has 1 heterocycles. The fraction of sp³-hybridized carbons (Fsp3) is 0.421. The molecule has 0 fully saturated rings. The monoisotopic (exact) mass is 314 g/mol. The molecular formula is C19H26N2O2. The summed E-state index contributed by atoms with van der Waals surface area (Å²) < 4.78 is 5.97. The molecular weight excluding hydrogens is 288 g/mol. The van der Waals surface area contributed by atoms with E-state index < -0.39 is 5.60 Å². The van der Waals surface area contributed by atoms with Crippen LogP contribution < -0.4 is 4.74 Å². The van der Waals surface area contributed by atoms with Crippen molar-refractivity contribution in [1.82, 2.24) is 9.88 Å². The highest BCUT2D eigenvalue weighted by molar-refractivity contribution is 5.33. The van der Waals surface area contributed by atoms with E-state index in [2.05, 4.69) is 22.9 Å². The van der Waals surface area contributed by atoms with Crippen LogP contribution in [0.2, 0.25) is 0 Å². The molecule has 0 saturated carbocycles. The molecule has 0 atom stereocenters. The smallest absolute Gasteiger partial charge is 0.124 e. The summed E-state index contributed by atoms with van der Waals surface area (Å²) in [5.74, 6) is 0.880. The van der Waals surface area contributed by atoms with Crippen LogP contribution in [0.15, 0.2) is 48.8 Å². The normalized spacial score (nSPS) is 11.7. The van der Waals surface area contributed by atoms with E-state index in [1.165, 1.54) is 0 Å². The zero-order chi connectivity index (χ0) is 16.7. The highest BCUT2D eigenvalue weighted by atomic mass is 16.5. The molecule has 0 amide bonds. The second-order valence-electron chi connectivity index (χ2n) is 6.37. The van der Waals surface area contributed by atoms with Crippen molar-refractivity contribution in [2.75, 3.05) is 13.1 Å². The molecule has 0 saturated heterocycles. The molecule has 23 heavy (non-hydrogen) atoms. The maximum Gasteiger partial charge on any atom is 0.124 e. The molecule has 0 spiro atoms. The number of hydrogen-bond acceptors (Lipinski definition) is 4. The van der Waals surface area contributed by atoms with Gasteiger partial charge in [-0.3, -0.25) is 9.88 Å². The van der Waals surface area contributed by atoms with Crippen LogP contribution in [0.25, 0.3) is 0 Å². The largest absolute Gasteiger partial charge is 0.489 e. The number of aliphatic hydroxyl groups is 1. The second kappa shape index (κ2) is 8.09. The van der Waals surface area contributed by atoms with Crippen molar-refractivity contribution in [1.29, 1.82) is 0 Å². The van der Waals surface area contributed by atoms with Crippen molar-refractivity contribution < 1.29 is 9.84 Å². The number of benzene rings is 1. The van der Waals surface area contributed by atoms with Crippen LogP contribution in [0.5, 0.6) is 5.75 Å². The lowest BCUT2D eigenvalue weighted by Crippen LogP contribution is -2.38. The van der Waals surface area contributed by atoms with Gasteiger partial charge >= 0.3 is 0 Å². The minimum atomic E-state index is -0.707. The predicted molar refractivity (Wildman–Crippen MR) is 92.3 cm³/mol. The van der Waals surface area contributed by atoms with E-state index in [-0.39, 0.29) is 0 Å². The Labute approximate surface area is 138 Å². The molecule has 2 aromatic rings. The lowest BCUT2D eigenvalue weighted by molar-refractivity contribution is 0.0350. The molecule has 4 nitrogen and oxygen atoms in total. The van der Waals surface area contributed by atoms with Gasteiger partial charge in [0.05, 0.1) is 5.60 Å². The van der Waals surface area contributed by atoms with Gasteiger partial charge in [-0.25, -0.2) is 0 Å². The van der Waals surface area contributed by atoms with E-state index in [9.17, 15) is 5.11 Å². The number of aromatic nitrogens is 1. The first kappa shape index (κ1) is 17.4. The van der Waals surface area contributed by atoms with Crippen molar-refractivity contribution in [3.8, 4) is 5.75 Å². The number of pyridine rings is 1. The van der Waals surface area contributed by atoms with Crippen LogP contribution in [0.3, 0.4) is 0 Å². The summed E-state index contributed by atoms with van der Waals surface area (Å²) in [6, 6.07) is 12.0. The third-order valence-electron chi connectivity index (χ3n) is 3.54. The molecule has 4 heteroatoms.